The molecule has 1 unspecified atom stereocenters. The van der Waals surface area contributed by atoms with E-state index in [0.29, 0.717) is 16.4 Å². The van der Waals surface area contributed by atoms with Gasteiger partial charge in [0.2, 0.25) is 10.0 Å². The fourth-order valence-electron chi connectivity index (χ4n) is 2.36. The van der Waals surface area contributed by atoms with Gasteiger partial charge in [0.1, 0.15) is 11.4 Å². The number of halogens is 1. The van der Waals surface area contributed by atoms with E-state index >= 15 is 0 Å². The van der Waals surface area contributed by atoms with E-state index in [0.717, 1.165) is 23.2 Å². The highest BCUT2D eigenvalue weighted by molar-refractivity contribution is 7.89. The maximum atomic E-state index is 12.6. The third kappa shape index (κ3) is 3.97. The van der Waals surface area contributed by atoms with Gasteiger partial charge in [-0.3, -0.25) is 4.79 Å². The molecule has 1 aliphatic rings. The SMILES string of the molecule is CC1=NN(c2cccc(Cl)c2)C(=O)C1N=Nc1cc(S(N)(=O)=O)ccc1O. The molecule has 1 amide bonds. The van der Waals surface area contributed by atoms with E-state index in [-0.39, 0.29) is 16.3 Å². The summed E-state index contributed by atoms with van der Waals surface area (Å²) in [5.41, 5.74) is 0.720. The van der Waals surface area contributed by atoms with Crippen molar-refractivity contribution in [3.8, 4) is 5.75 Å². The summed E-state index contributed by atoms with van der Waals surface area (Å²) >= 11 is 5.94. The lowest BCUT2D eigenvalue weighted by Gasteiger charge is -2.12. The minimum Gasteiger partial charge on any atom is -0.506 e. The van der Waals surface area contributed by atoms with Crippen molar-refractivity contribution >= 4 is 44.6 Å². The summed E-state index contributed by atoms with van der Waals surface area (Å²) in [7, 11) is -3.97. The van der Waals surface area contributed by atoms with Crippen molar-refractivity contribution in [2.75, 3.05) is 5.01 Å². The van der Waals surface area contributed by atoms with Crippen LogP contribution in [0.15, 0.2) is 62.7 Å². The molecule has 0 aliphatic carbocycles. The number of anilines is 1. The Balaban J connectivity index is 1.89. The second-order valence-corrected chi connectivity index (χ2v) is 7.68. The lowest BCUT2D eigenvalue weighted by Crippen LogP contribution is -2.29. The first-order valence-corrected chi connectivity index (χ1v) is 9.50. The minimum atomic E-state index is -3.97. The van der Waals surface area contributed by atoms with Gasteiger partial charge in [-0.25, -0.2) is 13.6 Å². The number of primary sulfonamides is 1. The number of nitrogens with two attached hydrogens (primary N) is 1. The number of carbonyl (C=O) groups excluding carboxylic acids is 1. The van der Waals surface area contributed by atoms with Gasteiger partial charge in [-0.1, -0.05) is 17.7 Å². The number of hydrogen-bond donors (Lipinski definition) is 2. The van der Waals surface area contributed by atoms with Crippen LogP contribution in [-0.4, -0.2) is 31.2 Å². The number of rotatable bonds is 4. The second kappa shape index (κ2) is 7.06. The molecule has 27 heavy (non-hydrogen) atoms. The number of benzene rings is 2. The molecule has 2 aromatic carbocycles. The first kappa shape index (κ1) is 19.0. The maximum Gasteiger partial charge on any atom is 0.280 e. The first-order chi connectivity index (χ1) is 12.7. The molecule has 11 heteroatoms. The lowest BCUT2D eigenvalue weighted by atomic mass is 10.2. The zero-order valence-electron chi connectivity index (χ0n) is 13.9. The summed E-state index contributed by atoms with van der Waals surface area (Å²) < 4.78 is 22.8. The van der Waals surface area contributed by atoms with Crippen molar-refractivity contribution in [1.82, 2.24) is 0 Å². The molecule has 1 atom stereocenters. The number of aromatic hydroxyl groups is 1. The average Bonchev–Trinajstić information content (AvgIpc) is 2.87. The van der Waals surface area contributed by atoms with E-state index in [1.807, 2.05) is 0 Å². The van der Waals surface area contributed by atoms with E-state index in [4.69, 9.17) is 16.7 Å². The minimum absolute atomic E-state index is 0.136. The van der Waals surface area contributed by atoms with Crippen LogP contribution < -0.4 is 10.1 Å². The molecule has 1 aliphatic heterocycles. The summed E-state index contributed by atoms with van der Waals surface area (Å²) in [6.45, 7) is 1.60. The van der Waals surface area contributed by atoms with Crippen molar-refractivity contribution in [2.45, 2.75) is 17.9 Å². The number of azo groups is 1. The quantitative estimate of drug-likeness (QED) is 0.752. The number of hydrogen-bond acceptors (Lipinski definition) is 7. The fraction of sp³-hybridized carbons (Fsp3) is 0.125. The van der Waals surface area contributed by atoms with Gasteiger partial charge < -0.3 is 5.11 Å². The highest BCUT2D eigenvalue weighted by Crippen LogP contribution is 2.30. The Kier molecular flexibility index (Phi) is 4.96. The fourth-order valence-corrected chi connectivity index (χ4v) is 3.08. The van der Waals surface area contributed by atoms with Gasteiger partial charge in [-0.05, 0) is 43.3 Å². The molecular weight excluding hydrogens is 394 g/mol. The highest BCUT2D eigenvalue weighted by Gasteiger charge is 2.34. The molecule has 9 nitrogen and oxygen atoms in total. The maximum absolute atomic E-state index is 12.6. The monoisotopic (exact) mass is 407 g/mol. The number of phenolic OH excluding ortho intramolecular Hbond substituents is 1. The van der Waals surface area contributed by atoms with Crippen molar-refractivity contribution < 1.29 is 18.3 Å². The number of phenols is 1. The Bertz CT molecular complexity index is 1080. The molecule has 0 saturated carbocycles. The number of amides is 1. The molecule has 0 fully saturated rings. The summed E-state index contributed by atoms with van der Waals surface area (Å²) in [4.78, 5) is 12.4. The van der Waals surface area contributed by atoms with Crippen LogP contribution >= 0.6 is 11.6 Å². The standard InChI is InChI=1S/C16H14ClN5O4S/c1-9-15(16(24)22(21-9)11-4-2-3-10(17)7-11)20-19-13-8-12(27(18,25)26)5-6-14(13)23/h2-8,15,23H,1H3,(H2,18,25,26). The highest BCUT2D eigenvalue weighted by atomic mass is 35.5. The number of hydrazone groups is 1. The van der Waals surface area contributed by atoms with Crippen molar-refractivity contribution in [3.05, 3.63) is 47.5 Å². The van der Waals surface area contributed by atoms with Crippen LogP contribution in [-0.2, 0) is 14.8 Å². The van der Waals surface area contributed by atoms with Crippen LogP contribution in [0.25, 0.3) is 0 Å². The van der Waals surface area contributed by atoms with Crippen LogP contribution in [0.4, 0.5) is 11.4 Å². The average molecular weight is 408 g/mol. The van der Waals surface area contributed by atoms with Crippen molar-refractivity contribution in [3.63, 3.8) is 0 Å². The summed E-state index contributed by atoms with van der Waals surface area (Å²) in [6.07, 6.45) is 0. The van der Waals surface area contributed by atoms with E-state index in [9.17, 15) is 18.3 Å². The zero-order chi connectivity index (χ0) is 19.8. The zero-order valence-corrected chi connectivity index (χ0v) is 15.5. The Morgan fingerprint density at radius 1 is 1.26 bits per heavy atom. The van der Waals surface area contributed by atoms with Gasteiger partial charge in [0.15, 0.2) is 6.04 Å². The van der Waals surface area contributed by atoms with E-state index in [2.05, 4.69) is 15.3 Å². The molecule has 0 spiro atoms. The number of nitrogens with zero attached hydrogens (tertiary/aromatic N) is 4. The Hall–Kier alpha value is -2.82. The van der Waals surface area contributed by atoms with Crippen molar-refractivity contribution in [2.24, 2.45) is 20.5 Å². The molecule has 3 rings (SSSR count). The van der Waals surface area contributed by atoms with Gasteiger partial charge in [0.25, 0.3) is 5.91 Å². The van der Waals surface area contributed by atoms with Crippen molar-refractivity contribution in [1.29, 1.82) is 0 Å². The third-order valence-electron chi connectivity index (χ3n) is 3.71. The van der Waals surface area contributed by atoms with E-state index < -0.39 is 22.0 Å². The molecule has 1 heterocycles. The normalized spacial score (nSPS) is 17.6. The summed E-state index contributed by atoms with van der Waals surface area (Å²) in [5.74, 6) is -0.765. The predicted molar refractivity (Wildman–Crippen MR) is 99.8 cm³/mol. The number of carbonyl (C=O) groups is 1. The van der Waals surface area contributed by atoms with Gasteiger partial charge in [-0.2, -0.15) is 20.3 Å². The van der Waals surface area contributed by atoms with Crippen LogP contribution in [0.5, 0.6) is 5.75 Å². The predicted octanol–water partition coefficient (Wildman–Crippen LogP) is 2.57. The second-order valence-electron chi connectivity index (χ2n) is 5.68. The van der Waals surface area contributed by atoms with Crippen LogP contribution in [0.3, 0.4) is 0 Å². The van der Waals surface area contributed by atoms with Gasteiger partial charge >= 0.3 is 0 Å². The Morgan fingerprint density at radius 2 is 2.00 bits per heavy atom. The molecule has 0 saturated heterocycles. The molecule has 0 bridgehead atoms. The van der Waals surface area contributed by atoms with E-state index in [1.54, 1.807) is 31.2 Å². The molecule has 3 N–H and O–H groups in total. The van der Waals surface area contributed by atoms with E-state index in [1.165, 1.54) is 0 Å². The smallest absolute Gasteiger partial charge is 0.280 e. The first-order valence-electron chi connectivity index (χ1n) is 7.58. The molecular formula is C16H14ClN5O4S. The molecule has 0 radical (unpaired) electrons. The third-order valence-corrected chi connectivity index (χ3v) is 4.85. The Labute approximate surface area is 159 Å². The molecule has 0 aromatic heterocycles. The van der Waals surface area contributed by atoms with Gasteiger partial charge in [0, 0.05) is 5.02 Å². The lowest BCUT2D eigenvalue weighted by molar-refractivity contribution is -0.117. The van der Waals surface area contributed by atoms with Gasteiger partial charge in [0.05, 0.1) is 16.3 Å². The summed E-state index contributed by atoms with van der Waals surface area (Å²) in [6, 6.07) is 8.92. The topological polar surface area (TPSA) is 138 Å². The molecule has 140 valence electrons. The molecule has 2 aromatic rings. The van der Waals surface area contributed by atoms with Crippen LogP contribution in [0, 0.1) is 0 Å². The van der Waals surface area contributed by atoms with Crippen LogP contribution in [0.1, 0.15) is 6.92 Å². The number of sulfonamides is 1. The van der Waals surface area contributed by atoms with Crippen LogP contribution in [0.2, 0.25) is 5.02 Å². The van der Waals surface area contributed by atoms with Gasteiger partial charge in [-0.15, -0.1) is 0 Å². The largest absolute Gasteiger partial charge is 0.506 e. The Morgan fingerprint density at radius 3 is 2.67 bits per heavy atom. The summed E-state index contributed by atoms with van der Waals surface area (Å²) in [5, 5.41) is 28.4.